The lowest BCUT2D eigenvalue weighted by atomic mass is 10.1. The first-order chi connectivity index (χ1) is 9.83. The standard InChI is InChI=1S/C14H18N2O5/c1-2-3-10(15)7-12(17)16-11-5-8(13(18)19)4-9(6-11)14(20)21/h4-6,10H,2-3,7,15H2,1H3,(H,16,17)(H,18,19)(H,20,21). The lowest BCUT2D eigenvalue weighted by Gasteiger charge is -2.11. The third-order valence-corrected chi connectivity index (χ3v) is 2.82. The number of hydrogen-bond acceptors (Lipinski definition) is 4. The summed E-state index contributed by atoms with van der Waals surface area (Å²) in [6, 6.07) is 3.16. The average Bonchev–Trinajstić information content (AvgIpc) is 2.37. The number of hydrogen-bond donors (Lipinski definition) is 4. The molecule has 5 N–H and O–H groups in total. The van der Waals surface area contributed by atoms with Gasteiger partial charge in [-0.05, 0) is 24.6 Å². The van der Waals surface area contributed by atoms with Crippen LogP contribution in [-0.2, 0) is 4.79 Å². The van der Waals surface area contributed by atoms with Crippen molar-refractivity contribution in [2.45, 2.75) is 32.2 Å². The van der Waals surface area contributed by atoms with Crippen LogP contribution in [0.15, 0.2) is 18.2 Å². The van der Waals surface area contributed by atoms with E-state index in [1.807, 2.05) is 6.92 Å². The summed E-state index contributed by atoms with van der Waals surface area (Å²) in [7, 11) is 0. The Balaban J connectivity index is 2.89. The number of rotatable bonds is 7. The Morgan fingerprint density at radius 3 is 2.10 bits per heavy atom. The molecule has 0 aliphatic heterocycles. The van der Waals surface area contributed by atoms with E-state index in [0.29, 0.717) is 6.42 Å². The lowest BCUT2D eigenvalue weighted by molar-refractivity contribution is -0.116. The highest BCUT2D eigenvalue weighted by molar-refractivity contribution is 5.98. The van der Waals surface area contributed by atoms with E-state index in [0.717, 1.165) is 12.5 Å². The SMILES string of the molecule is CCCC(N)CC(=O)Nc1cc(C(=O)O)cc(C(=O)O)c1. The Hall–Kier alpha value is -2.41. The van der Waals surface area contributed by atoms with Gasteiger partial charge in [-0.2, -0.15) is 0 Å². The maximum atomic E-state index is 11.8. The monoisotopic (exact) mass is 294 g/mol. The second-order valence-electron chi connectivity index (χ2n) is 4.71. The minimum atomic E-state index is -1.27. The second kappa shape index (κ2) is 7.39. The zero-order valence-corrected chi connectivity index (χ0v) is 11.6. The summed E-state index contributed by atoms with van der Waals surface area (Å²) in [5.74, 6) is -2.91. The van der Waals surface area contributed by atoms with Crippen LogP contribution in [0.3, 0.4) is 0 Å². The van der Waals surface area contributed by atoms with Gasteiger partial charge in [-0.15, -0.1) is 0 Å². The van der Waals surface area contributed by atoms with Crippen LogP contribution in [0.1, 0.15) is 46.9 Å². The van der Waals surface area contributed by atoms with Crippen molar-refractivity contribution in [3.8, 4) is 0 Å². The number of nitrogens with one attached hydrogen (secondary N) is 1. The van der Waals surface area contributed by atoms with E-state index >= 15 is 0 Å². The molecule has 1 amide bonds. The first kappa shape index (κ1) is 16.6. The van der Waals surface area contributed by atoms with Crippen LogP contribution in [0.5, 0.6) is 0 Å². The molecule has 1 aromatic rings. The number of aromatic carboxylic acids is 2. The number of anilines is 1. The predicted molar refractivity (Wildman–Crippen MR) is 76.5 cm³/mol. The van der Waals surface area contributed by atoms with Crippen molar-refractivity contribution in [3.63, 3.8) is 0 Å². The molecule has 0 aliphatic rings. The predicted octanol–water partition coefficient (Wildman–Crippen LogP) is 1.54. The van der Waals surface area contributed by atoms with Gasteiger partial charge >= 0.3 is 11.9 Å². The minimum absolute atomic E-state index is 0.0908. The maximum absolute atomic E-state index is 11.8. The molecule has 0 spiro atoms. The fourth-order valence-corrected chi connectivity index (χ4v) is 1.87. The van der Waals surface area contributed by atoms with Crippen molar-refractivity contribution in [2.24, 2.45) is 5.73 Å². The number of carboxylic acids is 2. The zero-order valence-electron chi connectivity index (χ0n) is 11.6. The molecule has 0 saturated carbocycles. The van der Waals surface area contributed by atoms with Crippen LogP contribution >= 0.6 is 0 Å². The summed E-state index contributed by atoms with van der Waals surface area (Å²) in [6.07, 6.45) is 1.64. The van der Waals surface area contributed by atoms with E-state index in [1.165, 1.54) is 12.1 Å². The van der Waals surface area contributed by atoms with Crippen molar-refractivity contribution < 1.29 is 24.6 Å². The van der Waals surface area contributed by atoms with E-state index in [1.54, 1.807) is 0 Å². The molecule has 1 unspecified atom stereocenters. The quantitative estimate of drug-likeness (QED) is 0.603. The molecular weight excluding hydrogens is 276 g/mol. The van der Waals surface area contributed by atoms with E-state index in [4.69, 9.17) is 15.9 Å². The molecular formula is C14H18N2O5. The van der Waals surface area contributed by atoms with Gasteiger partial charge < -0.3 is 21.3 Å². The molecule has 0 saturated heterocycles. The van der Waals surface area contributed by atoms with Crippen molar-refractivity contribution in [1.82, 2.24) is 0 Å². The van der Waals surface area contributed by atoms with Gasteiger partial charge in [-0.25, -0.2) is 9.59 Å². The minimum Gasteiger partial charge on any atom is -0.478 e. The molecule has 0 aromatic heterocycles. The Kier molecular flexibility index (Phi) is 5.86. The molecule has 0 aliphatic carbocycles. The Bertz CT molecular complexity index is 524. The Morgan fingerprint density at radius 1 is 1.14 bits per heavy atom. The number of carbonyl (C=O) groups is 3. The fourth-order valence-electron chi connectivity index (χ4n) is 1.87. The van der Waals surface area contributed by atoms with Crippen LogP contribution < -0.4 is 11.1 Å². The third-order valence-electron chi connectivity index (χ3n) is 2.82. The van der Waals surface area contributed by atoms with Gasteiger partial charge in [0.15, 0.2) is 0 Å². The number of carboxylic acid groups (broad SMARTS) is 2. The molecule has 1 rings (SSSR count). The Labute approximate surface area is 121 Å². The number of amides is 1. The van der Waals surface area contributed by atoms with Gasteiger partial charge in [0.25, 0.3) is 0 Å². The van der Waals surface area contributed by atoms with Crippen molar-refractivity contribution >= 4 is 23.5 Å². The number of carbonyl (C=O) groups excluding carboxylic acids is 1. The largest absolute Gasteiger partial charge is 0.478 e. The molecule has 1 atom stereocenters. The molecule has 114 valence electrons. The van der Waals surface area contributed by atoms with Crippen molar-refractivity contribution in [2.75, 3.05) is 5.32 Å². The maximum Gasteiger partial charge on any atom is 0.335 e. The van der Waals surface area contributed by atoms with Gasteiger partial charge in [0.05, 0.1) is 11.1 Å². The van der Waals surface area contributed by atoms with Gasteiger partial charge in [0.1, 0.15) is 0 Å². The van der Waals surface area contributed by atoms with Crippen LogP contribution in [0.4, 0.5) is 5.69 Å². The van der Waals surface area contributed by atoms with E-state index in [-0.39, 0.29) is 35.2 Å². The molecule has 7 nitrogen and oxygen atoms in total. The summed E-state index contributed by atoms with van der Waals surface area (Å²) in [5, 5.41) is 20.4. The zero-order chi connectivity index (χ0) is 16.0. The summed E-state index contributed by atoms with van der Waals surface area (Å²) < 4.78 is 0. The lowest BCUT2D eigenvalue weighted by Crippen LogP contribution is -2.27. The van der Waals surface area contributed by atoms with Gasteiger partial charge in [0.2, 0.25) is 5.91 Å². The van der Waals surface area contributed by atoms with E-state index in [9.17, 15) is 14.4 Å². The summed E-state index contributed by atoms with van der Waals surface area (Å²) >= 11 is 0. The normalized spacial score (nSPS) is 11.7. The van der Waals surface area contributed by atoms with Gasteiger partial charge in [0, 0.05) is 18.2 Å². The highest BCUT2D eigenvalue weighted by atomic mass is 16.4. The van der Waals surface area contributed by atoms with Gasteiger partial charge in [-0.3, -0.25) is 4.79 Å². The Morgan fingerprint density at radius 2 is 1.67 bits per heavy atom. The highest BCUT2D eigenvalue weighted by Crippen LogP contribution is 2.16. The second-order valence-corrected chi connectivity index (χ2v) is 4.71. The molecule has 21 heavy (non-hydrogen) atoms. The molecule has 1 aromatic carbocycles. The van der Waals surface area contributed by atoms with E-state index in [2.05, 4.69) is 5.32 Å². The topological polar surface area (TPSA) is 130 Å². The molecule has 0 bridgehead atoms. The van der Waals surface area contributed by atoms with Crippen LogP contribution in [0, 0.1) is 0 Å². The smallest absolute Gasteiger partial charge is 0.335 e. The summed E-state index contributed by atoms with van der Waals surface area (Å²) in [4.78, 5) is 33.7. The summed E-state index contributed by atoms with van der Waals surface area (Å²) in [6.45, 7) is 1.95. The first-order valence-corrected chi connectivity index (χ1v) is 6.50. The van der Waals surface area contributed by atoms with E-state index < -0.39 is 11.9 Å². The number of benzene rings is 1. The van der Waals surface area contributed by atoms with Gasteiger partial charge in [-0.1, -0.05) is 13.3 Å². The molecule has 0 fully saturated rings. The third kappa shape index (κ3) is 5.23. The molecule has 0 radical (unpaired) electrons. The molecule has 0 heterocycles. The average molecular weight is 294 g/mol. The van der Waals surface area contributed by atoms with Crippen LogP contribution in [0.2, 0.25) is 0 Å². The highest BCUT2D eigenvalue weighted by Gasteiger charge is 2.14. The van der Waals surface area contributed by atoms with Crippen molar-refractivity contribution in [1.29, 1.82) is 0 Å². The molecule has 7 heteroatoms. The fraction of sp³-hybridized carbons (Fsp3) is 0.357. The summed E-state index contributed by atoms with van der Waals surface area (Å²) in [5.41, 5.74) is 5.46. The first-order valence-electron chi connectivity index (χ1n) is 6.50. The number of nitrogens with two attached hydrogens (primary N) is 1. The van der Waals surface area contributed by atoms with Crippen LogP contribution in [0.25, 0.3) is 0 Å². The van der Waals surface area contributed by atoms with Crippen molar-refractivity contribution in [3.05, 3.63) is 29.3 Å². The van der Waals surface area contributed by atoms with Crippen LogP contribution in [-0.4, -0.2) is 34.1 Å².